The number of ether oxygens (including phenoxy) is 1. The highest BCUT2D eigenvalue weighted by Gasteiger charge is 2.14. The summed E-state index contributed by atoms with van der Waals surface area (Å²) in [4.78, 5) is 0.293. The van der Waals surface area contributed by atoms with Crippen molar-refractivity contribution >= 4 is 10.0 Å². The molecule has 2 aromatic rings. The van der Waals surface area contributed by atoms with Crippen molar-refractivity contribution in [3.63, 3.8) is 0 Å². The highest BCUT2D eigenvalue weighted by molar-refractivity contribution is 7.89. The minimum atomic E-state index is -3.48. The Morgan fingerprint density at radius 2 is 1.70 bits per heavy atom. The van der Waals surface area contributed by atoms with Crippen LogP contribution in [0.4, 0.5) is 0 Å². The lowest BCUT2D eigenvalue weighted by Crippen LogP contribution is -2.26. The van der Waals surface area contributed by atoms with E-state index >= 15 is 0 Å². The molecule has 0 saturated carbocycles. The summed E-state index contributed by atoms with van der Waals surface area (Å²) < 4.78 is 32.5. The summed E-state index contributed by atoms with van der Waals surface area (Å²) in [5.41, 5.74) is 2.10. The van der Waals surface area contributed by atoms with Gasteiger partial charge in [-0.05, 0) is 41.7 Å². The van der Waals surface area contributed by atoms with Crippen LogP contribution in [0.3, 0.4) is 0 Å². The zero-order chi connectivity index (χ0) is 16.9. The van der Waals surface area contributed by atoms with Crippen LogP contribution in [0.2, 0.25) is 0 Å². The maximum atomic E-state index is 12.3. The maximum absolute atomic E-state index is 12.3. The molecule has 0 saturated heterocycles. The Hall–Kier alpha value is -1.85. The first kappa shape index (κ1) is 17.5. The lowest BCUT2D eigenvalue weighted by atomic mass is 10.0. The molecule has 0 aliphatic heterocycles. The monoisotopic (exact) mass is 333 g/mol. The molecule has 0 atom stereocenters. The summed E-state index contributed by atoms with van der Waals surface area (Å²) in [5.74, 6) is 1.15. The fourth-order valence-corrected chi connectivity index (χ4v) is 3.38. The summed E-state index contributed by atoms with van der Waals surface area (Å²) in [6.45, 7) is 4.48. The van der Waals surface area contributed by atoms with Crippen molar-refractivity contribution in [3.05, 3.63) is 59.7 Å². The van der Waals surface area contributed by atoms with E-state index in [1.807, 2.05) is 36.4 Å². The van der Waals surface area contributed by atoms with Gasteiger partial charge in [-0.25, -0.2) is 13.1 Å². The summed E-state index contributed by atoms with van der Waals surface area (Å²) >= 11 is 0. The SMILES string of the molecule is COc1ccccc1CCNS(=O)(=O)c1ccc(C(C)C)cc1. The molecule has 0 radical (unpaired) electrons. The van der Waals surface area contributed by atoms with Crippen molar-refractivity contribution in [1.82, 2.24) is 4.72 Å². The molecular weight excluding hydrogens is 310 g/mol. The second kappa shape index (κ2) is 7.62. The van der Waals surface area contributed by atoms with E-state index in [9.17, 15) is 8.42 Å². The lowest BCUT2D eigenvalue weighted by molar-refractivity contribution is 0.409. The van der Waals surface area contributed by atoms with Gasteiger partial charge in [-0.15, -0.1) is 0 Å². The molecule has 124 valence electrons. The van der Waals surface area contributed by atoms with Gasteiger partial charge in [-0.1, -0.05) is 44.2 Å². The van der Waals surface area contributed by atoms with Crippen molar-refractivity contribution in [2.75, 3.05) is 13.7 Å². The van der Waals surface area contributed by atoms with E-state index in [4.69, 9.17) is 4.74 Å². The van der Waals surface area contributed by atoms with E-state index in [0.717, 1.165) is 16.9 Å². The normalized spacial score (nSPS) is 11.7. The van der Waals surface area contributed by atoms with E-state index in [1.54, 1.807) is 19.2 Å². The van der Waals surface area contributed by atoms with Crippen molar-refractivity contribution in [1.29, 1.82) is 0 Å². The first-order valence-corrected chi connectivity index (χ1v) is 9.14. The number of para-hydroxylation sites is 1. The molecule has 0 unspecified atom stereocenters. The largest absolute Gasteiger partial charge is 0.496 e. The molecule has 0 aliphatic rings. The van der Waals surface area contributed by atoms with Gasteiger partial charge in [0.1, 0.15) is 5.75 Å². The van der Waals surface area contributed by atoms with Gasteiger partial charge in [0.2, 0.25) is 10.0 Å². The van der Waals surface area contributed by atoms with Crippen molar-refractivity contribution in [2.45, 2.75) is 31.1 Å². The van der Waals surface area contributed by atoms with E-state index in [1.165, 1.54) is 0 Å². The highest BCUT2D eigenvalue weighted by atomic mass is 32.2. The Bertz CT molecular complexity index is 737. The predicted octanol–water partition coefficient (Wildman–Crippen LogP) is 3.34. The van der Waals surface area contributed by atoms with Crippen LogP contribution in [0.15, 0.2) is 53.4 Å². The molecule has 2 rings (SSSR count). The number of benzene rings is 2. The Morgan fingerprint density at radius 1 is 1.04 bits per heavy atom. The molecule has 4 nitrogen and oxygen atoms in total. The summed E-state index contributed by atoms with van der Waals surface area (Å²) in [5, 5.41) is 0. The number of rotatable bonds is 7. The zero-order valence-electron chi connectivity index (χ0n) is 13.7. The molecule has 23 heavy (non-hydrogen) atoms. The van der Waals surface area contributed by atoms with E-state index in [-0.39, 0.29) is 0 Å². The van der Waals surface area contributed by atoms with Crippen LogP contribution >= 0.6 is 0 Å². The van der Waals surface area contributed by atoms with Crippen molar-refractivity contribution in [3.8, 4) is 5.75 Å². The van der Waals surface area contributed by atoms with Gasteiger partial charge in [-0.3, -0.25) is 0 Å². The summed E-state index contributed by atoms with van der Waals surface area (Å²) in [6.07, 6.45) is 0.577. The van der Waals surface area contributed by atoms with Crippen LogP contribution in [0.25, 0.3) is 0 Å². The number of methoxy groups -OCH3 is 1. The van der Waals surface area contributed by atoms with Crippen LogP contribution in [-0.4, -0.2) is 22.1 Å². The Labute approximate surface area is 138 Å². The molecule has 0 amide bonds. The second-order valence-electron chi connectivity index (χ2n) is 5.68. The molecule has 2 aromatic carbocycles. The zero-order valence-corrected chi connectivity index (χ0v) is 14.6. The van der Waals surface area contributed by atoms with Gasteiger partial charge < -0.3 is 4.74 Å². The van der Waals surface area contributed by atoms with Crippen LogP contribution in [0.1, 0.15) is 30.9 Å². The average molecular weight is 333 g/mol. The van der Waals surface area contributed by atoms with Gasteiger partial charge in [0.05, 0.1) is 12.0 Å². The quantitative estimate of drug-likeness (QED) is 0.845. The smallest absolute Gasteiger partial charge is 0.240 e. The molecule has 0 aliphatic carbocycles. The van der Waals surface area contributed by atoms with E-state index < -0.39 is 10.0 Å². The van der Waals surface area contributed by atoms with Crippen LogP contribution in [-0.2, 0) is 16.4 Å². The minimum absolute atomic E-state index is 0.293. The van der Waals surface area contributed by atoms with Crippen LogP contribution < -0.4 is 9.46 Å². The van der Waals surface area contributed by atoms with Crippen LogP contribution in [0.5, 0.6) is 5.75 Å². The van der Waals surface area contributed by atoms with E-state index in [0.29, 0.717) is 23.8 Å². The maximum Gasteiger partial charge on any atom is 0.240 e. The summed E-state index contributed by atoms with van der Waals surface area (Å²) in [7, 11) is -1.87. The Kier molecular flexibility index (Phi) is 5.80. The van der Waals surface area contributed by atoms with Crippen molar-refractivity contribution in [2.24, 2.45) is 0 Å². The van der Waals surface area contributed by atoms with E-state index in [2.05, 4.69) is 18.6 Å². The molecule has 0 fully saturated rings. The van der Waals surface area contributed by atoms with Gasteiger partial charge in [0.15, 0.2) is 0 Å². The van der Waals surface area contributed by atoms with Gasteiger partial charge >= 0.3 is 0 Å². The van der Waals surface area contributed by atoms with Gasteiger partial charge in [0.25, 0.3) is 0 Å². The molecule has 0 bridgehead atoms. The average Bonchev–Trinajstić information content (AvgIpc) is 2.55. The van der Waals surface area contributed by atoms with Crippen LogP contribution in [0, 0.1) is 0 Å². The molecule has 0 spiro atoms. The number of hydrogen-bond acceptors (Lipinski definition) is 3. The standard InChI is InChI=1S/C18H23NO3S/c1-14(2)15-8-10-17(11-9-15)23(20,21)19-13-12-16-6-4-5-7-18(16)22-3/h4-11,14,19H,12-13H2,1-3H3. The Balaban J connectivity index is 2.01. The molecular formula is C18H23NO3S. The molecule has 1 N–H and O–H groups in total. The molecule has 0 aromatic heterocycles. The topological polar surface area (TPSA) is 55.4 Å². The fraction of sp³-hybridized carbons (Fsp3) is 0.333. The van der Waals surface area contributed by atoms with Gasteiger partial charge in [-0.2, -0.15) is 0 Å². The first-order valence-electron chi connectivity index (χ1n) is 7.65. The molecule has 5 heteroatoms. The number of sulfonamides is 1. The third-order valence-electron chi connectivity index (χ3n) is 3.74. The second-order valence-corrected chi connectivity index (χ2v) is 7.45. The van der Waals surface area contributed by atoms with Crippen molar-refractivity contribution < 1.29 is 13.2 Å². The number of hydrogen-bond donors (Lipinski definition) is 1. The third kappa shape index (κ3) is 4.56. The first-order chi connectivity index (χ1) is 10.9. The lowest BCUT2D eigenvalue weighted by Gasteiger charge is -2.10. The minimum Gasteiger partial charge on any atom is -0.496 e. The third-order valence-corrected chi connectivity index (χ3v) is 5.21. The number of nitrogens with one attached hydrogen (secondary N) is 1. The molecule has 0 heterocycles. The summed E-state index contributed by atoms with van der Waals surface area (Å²) in [6, 6.07) is 14.6. The predicted molar refractivity (Wildman–Crippen MR) is 92.4 cm³/mol. The van der Waals surface area contributed by atoms with Gasteiger partial charge in [0, 0.05) is 6.54 Å². The highest BCUT2D eigenvalue weighted by Crippen LogP contribution is 2.19. The fourth-order valence-electron chi connectivity index (χ4n) is 2.34. The Morgan fingerprint density at radius 3 is 2.30 bits per heavy atom.